The Labute approximate surface area is 263 Å². The first-order valence-corrected chi connectivity index (χ1v) is 18.4. The number of hydrogen-bond donors (Lipinski definition) is 0. The molecule has 0 N–H and O–H groups in total. The van der Waals surface area contributed by atoms with Crippen LogP contribution in [0.25, 0.3) is 0 Å². The van der Waals surface area contributed by atoms with Crippen molar-refractivity contribution in [2.24, 2.45) is 11.8 Å². The smallest absolute Gasteiger partial charge is 0.0601 e. The van der Waals surface area contributed by atoms with Crippen LogP contribution >= 0.6 is 0 Å². The molecule has 2 aromatic rings. The van der Waals surface area contributed by atoms with E-state index in [2.05, 4.69) is 93.3 Å². The Morgan fingerprint density at radius 2 is 0.667 bits per heavy atom. The average Bonchev–Trinajstić information content (AvgIpc) is 2.99. The topological polar surface area (TPSA) is 3.24 Å². The summed E-state index contributed by atoms with van der Waals surface area (Å²) in [5.41, 5.74) is 2.89. The van der Waals surface area contributed by atoms with Crippen molar-refractivity contribution in [2.45, 2.75) is 162 Å². The van der Waals surface area contributed by atoms with Crippen LogP contribution in [0.15, 0.2) is 60.7 Å². The Bertz CT molecular complexity index is 757. The van der Waals surface area contributed by atoms with E-state index in [-0.39, 0.29) is 0 Å². The van der Waals surface area contributed by atoms with Gasteiger partial charge in [-0.3, -0.25) is 4.90 Å². The summed E-state index contributed by atoms with van der Waals surface area (Å²) in [4.78, 5) is 2.81. The third kappa shape index (κ3) is 18.1. The Morgan fingerprint density at radius 1 is 0.381 bits per heavy atom. The summed E-state index contributed by atoms with van der Waals surface area (Å²) in [7, 11) is 0. The summed E-state index contributed by atoms with van der Waals surface area (Å²) in [6.07, 6.45) is 28.2. The van der Waals surface area contributed by atoms with Crippen LogP contribution in [0.4, 0.5) is 0 Å². The molecule has 1 heteroatoms. The molecule has 0 spiro atoms. The molecule has 0 bridgehead atoms. The van der Waals surface area contributed by atoms with Gasteiger partial charge in [0.2, 0.25) is 0 Å². The molecule has 0 atom stereocenters. The first-order valence-electron chi connectivity index (χ1n) is 18.4. The molecule has 1 nitrogen and oxygen atoms in total. The Kier molecular flexibility index (Phi) is 21.6. The van der Waals surface area contributed by atoms with Crippen LogP contribution in [-0.2, 0) is 0 Å². The van der Waals surface area contributed by atoms with Gasteiger partial charge < -0.3 is 0 Å². The van der Waals surface area contributed by atoms with Crippen molar-refractivity contribution in [3.63, 3.8) is 0 Å². The molecule has 0 aromatic heterocycles. The quantitative estimate of drug-likeness (QED) is 0.0957. The maximum absolute atomic E-state index is 2.81. The van der Waals surface area contributed by atoms with Crippen LogP contribution in [0.3, 0.4) is 0 Å². The molecule has 0 saturated heterocycles. The minimum absolute atomic E-state index is 0.365. The molecular formula is C41H69N. The van der Waals surface area contributed by atoms with Gasteiger partial charge in [0.15, 0.2) is 0 Å². The SMILES string of the molecule is CC(C)CCCCCCCCCCCN(CCCCCCCCCCCC(C)C)C(c1ccccc1)c1ccccc1. The number of nitrogens with zero attached hydrogens (tertiary/aromatic N) is 1. The minimum atomic E-state index is 0.365. The Morgan fingerprint density at radius 3 is 0.976 bits per heavy atom. The van der Waals surface area contributed by atoms with Crippen molar-refractivity contribution >= 4 is 0 Å². The molecule has 0 radical (unpaired) electrons. The number of unbranched alkanes of at least 4 members (excludes halogenated alkanes) is 16. The normalized spacial score (nSPS) is 11.9. The maximum Gasteiger partial charge on any atom is 0.0601 e. The van der Waals surface area contributed by atoms with Crippen molar-refractivity contribution < 1.29 is 0 Å². The van der Waals surface area contributed by atoms with Gasteiger partial charge in [0.1, 0.15) is 0 Å². The monoisotopic (exact) mass is 576 g/mol. The fourth-order valence-electron chi connectivity index (χ4n) is 6.46. The average molecular weight is 576 g/mol. The molecule has 42 heavy (non-hydrogen) atoms. The van der Waals surface area contributed by atoms with E-state index in [1.165, 1.54) is 153 Å². The standard InChI is InChI=1S/C41H69N/c1-37(2)29-21-15-11-7-5-9-13-17-27-35-42(36-28-18-14-10-6-8-12-16-22-30-38(3)4)41(39-31-23-19-24-32-39)40-33-25-20-26-34-40/h19-20,23-26,31-34,37-38,41H,5-18,21-22,27-30,35-36H2,1-4H3. The van der Waals surface area contributed by atoms with Gasteiger partial charge in [0.25, 0.3) is 0 Å². The zero-order valence-corrected chi connectivity index (χ0v) is 28.5. The Hall–Kier alpha value is -1.60. The molecule has 0 amide bonds. The van der Waals surface area contributed by atoms with E-state index in [1.807, 2.05) is 0 Å². The molecule has 0 saturated carbocycles. The van der Waals surface area contributed by atoms with Gasteiger partial charge in [-0.15, -0.1) is 0 Å². The molecule has 0 aliphatic carbocycles. The molecular weight excluding hydrogens is 506 g/mol. The molecule has 0 fully saturated rings. The van der Waals surface area contributed by atoms with E-state index < -0.39 is 0 Å². The van der Waals surface area contributed by atoms with Crippen molar-refractivity contribution in [3.05, 3.63) is 71.8 Å². The van der Waals surface area contributed by atoms with Crippen molar-refractivity contribution in [2.75, 3.05) is 13.1 Å². The third-order valence-electron chi connectivity index (χ3n) is 9.05. The molecule has 0 unspecified atom stereocenters. The number of rotatable bonds is 27. The summed E-state index contributed by atoms with van der Waals surface area (Å²) in [6.45, 7) is 11.8. The number of benzene rings is 2. The van der Waals surface area contributed by atoms with Gasteiger partial charge in [-0.1, -0.05) is 204 Å². The van der Waals surface area contributed by atoms with E-state index in [0.29, 0.717) is 6.04 Å². The van der Waals surface area contributed by atoms with Crippen LogP contribution in [-0.4, -0.2) is 18.0 Å². The zero-order chi connectivity index (χ0) is 30.1. The minimum Gasteiger partial charge on any atom is -0.292 e. The number of hydrogen-bond acceptors (Lipinski definition) is 1. The highest BCUT2D eigenvalue weighted by atomic mass is 15.2. The molecule has 2 aromatic carbocycles. The van der Waals surface area contributed by atoms with E-state index in [1.54, 1.807) is 0 Å². The summed E-state index contributed by atoms with van der Waals surface area (Å²) < 4.78 is 0. The fourth-order valence-corrected chi connectivity index (χ4v) is 6.46. The molecule has 0 aliphatic rings. The Balaban J connectivity index is 1.77. The second-order valence-electron chi connectivity index (χ2n) is 14.0. The zero-order valence-electron chi connectivity index (χ0n) is 28.5. The molecule has 2 rings (SSSR count). The maximum atomic E-state index is 2.81. The predicted molar refractivity (Wildman–Crippen MR) is 188 cm³/mol. The summed E-state index contributed by atoms with van der Waals surface area (Å²) in [5, 5.41) is 0. The highest BCUT2D eigenvalue weighted by Crippen LogP contribution is 2.30. The van der Waals surface area contributed by atoms with Gasteiger partial charge in [-0.2, -0.15) is 0 Å². The van der Waals surface area contributed by atoms with Gasteiger partial charge >= 0.3 is 0 Å². The van der Waals surface area contributed by atoms with E-state index in [4.69, 9.17) is 0 Å². The van der Waals surface area contributed by atoms with Crippen LogP contribution < -0.4 is 0 Å². The largest absolute Gasteiger partial charge is 0.292 e. The lowest BCUT2D eigenvalue weighted by atomic mass is 9.96. The van der Waals surface area contributed by atoms with Crippen LogP contribution in [0, 0.1) is 11.8 Å². The summed E-state index contributed by atoms with van der Waals surface area (Å²) in [6, 6.07) is 22.9. The fraction of sp³-hybridized carbons (Fsp3) is 0.707. The predicted octanol–water partition coefficient (Wildman–Crippen LogP) is 13.2. The van der Waals surface area contributed by atoms with Gasteiger partial charge in [0.05, 0.1) is 6.04 Å². The van der Waals surface area contributed by atoms with Crippen molar-refractivity contribution in [3.8, 4) is 0 Å². The first kappa shape index (κ1) is 36.6. The molecule has 0 heterocycles. The molecule has 238 valence electrons. The lowest BCUT2D eigenvalue weighted by molar-refractivity contribution is 0.214. The van der Waals surface area contributed by atoms with Gasteiger partial charge in [0, 0.05) is 0 Å². The van der Waals surface area contributed by atoms with Crippen molar-refractivity contribution in [1.82, 2.24) is 4.90 Å². The van der Waals surface area contributed by atoms with E-state index >= 15 is 0 Å². The lowest BCUT2D eigenvalue weighted by Crippen LogP contribution is -2.31. The summed E-state index contributed by atoms with van der Waals surface area (Å²) in [5.74, 6) is 1.74. The van der Waals surface area contributed by atoms with Crippen LogP contribution in [0.2, 0.25) is 0 Å². The second kappa shape index (κ2) is 24.8. The third-order valence-corrected chi connectivity index (χ3v) is 9.05. The van der Waals surface area contributed by atoms with E-state index in [0.717, 1.165) is 11.8 Å². The van der Waals surface area contributed by atoms with Crippen LogP contribution in [0.5, 0.6) is 0 Å². The van der Waals surface area contributed by atoms with Crippen LogP contribution in [0.1, 0.15) is 173 Å². The summed E-state index contributed by atoms with van der Waals surface area (Å²) >= 11 is 0. The highest BCUT2D eigenvalue weighted by molar-refractivity contribution is 5.31. The first-order chi connectivity index (χ1) is 20.6. The van der Waals surface area contributed by atoms with Gasteiger partial charge in [-0.05, 0) is 48.9 Å². The van der Waals surface area contributed by atoms with Crippen molar-refractivity contribution in [1.29, 1.82) is 0 Å². The highest BCUT2D eigenvalue weighted by Gasteiger charge is 2.21. The van der Waals surface area contributed by atoms with Gasteiger partial charge in [-0.25, -0.2) is 0 Å². The van der Waals surface area contributed by atoms with E-state index in [9.17, 15) is 0 Å². The second-order valence-corrected chi connectivity index (χ2v) is 14.0. The lowest BCUT2D eigenvalue weighted by Gasteiger charge is -2.33. The molecule has 0 aliphatic heterocycles.